The number of rotatable bonds is 4. The predicted molar refractivity (Wildman–Crippen MR) is 94.7 cm³/mol. The Morgan fingerprint density at radius 3 is 2.23 bits per heavy atom. The van der Waals surface area contributed by atoms with Gasteiger partial charge in [-0.3, -0.25) is 0 Å². The minimum Gasteiger partial charge on any atom is -0.508 e. The molecule has 0 aliphatic heterocycles. The fourth-order valence-electron chi connectivity index (χ4n) is 2.94. The first-order chi connectivity index (χ1) is 10.3. The maximum Gasteiger partial charge on any atom is 0.119 e. The topological polar surface area (TPSA) is 23.5 Å². The molecule has 0 spiro atoms. The minimum atomic E-state index is -0.0658. The molecule has 2 nitrogen and oxygen atoms in total. The molecule has 2 aromatic carbocycles. The molecule has 1 N–H and O–H groups in total. The van der Waals surface area contributed by atoms with Gasteiger partial charge in [-0.15, -0.1) is 0 Å². The zero-order valence-corrected chi connectivity index (χ0v) is 14.3. The van der Waals surface area contributed by atoms with E-state index in [-0.39, 0.29) is 5.41 Å². The van der Waals surface area contributed by atoms with Gasteiger partial charge in [-0.1, -0.05) is 52.0 Å². The number of phenols is 1. The monoisotopic (exact) mass is 297 g/mol. The van der Waals surface area contributed by atoms with E-state index >= 15 is 0 Å². The van der Waals surface area contributed by atoms with Crippen molar-refractivity contribution < 1.29 is 5.11 Å². The van der Waals surface area contributed by atoms with Gasteiger partial charge in [0.05, 0.1) is 6.04 Å². The Kier molecular flexibility index (Phi) is 4.80. The highest BCUT2D eigenvalue weighted by atomic mass is 16.3. The number of benzene rings is 2. The summed E-state index contributed by atoms with van der Waals surface area (Å²) in [6, 6.07) is 16.8. The third-order valence-corrected chi connectivity index (χ3v) is 4.23. The van der Waals surface area contributed by atoms with Crippen LogP contribution in [0.4, 0.5) is 5.69 Å². The number of aromatic hydroxyl groups is 1. The van der Waals surface area contributed by atoms with Gasteiger partial charge in [0.1, 0.15) is 5.75 Å². The van der Waals surface area contributed by atoms with Gasteiger partial charge in [-0.05, 0) is 47.2 Å². The first-order valence-corrected chi connectivity index (χ1v) is 7.96. The second kappa shape index (κ2) is 6.43. The first kappa shape index (κ1) is 16.4. The van der Waals surface area contributed by atoms with Crippen LogP contribution in [0.25, 0.3) is 0 Å². The maximum absolute atomic E-state index is 10.2. The Labute approximate surface area is 134 Å². The number of hydrogen-bond acceptors (Lipinski definition) is 2. The van der Waals surface area contributed by atoms with Crippen molar-refractivity contribution >= 4 is 5.69 Å². The smallest absolute Gasteiger partial charge is 0.119 e. The molecule has 1 atom stereocenters. The maximum atomic E-state index is 10.2. The molecule has 2 aromatic rings. The van der Waals surface area contributed by atoms with Gasteiger partial charge in [-0.25, -0.2) is 0 Å². The normalized spacial score (nSPS) is 13.0. The lowest BCUT2D eigenvalue weighted by atomic mass is 9.84. The quantitative estimate of drug-likeness (QED) is 0.830. The van der Waals surface area contributed by atoms with Crippen molar-refractivity contribution in [2.45, 2.75) is 45.6 Å². The van der Waals surface area contributed by atoms with E-state index < -0.39 is 0 Å². The summed E-state index contributed by atoms with van der Waals surface area (Å²) in [5, 5.41) is 10.2. The van der Waals surface area contributed by atoms with Crippen molar-refractivity contribution in [3.8, 4) is 5.75 Å². The summed E-state index contributed by atoms with van der Waals surface area (Å²) < 4.78 is 0. The van der Waals surface area contributed by atoms with Gasteiger partial charge in [0.2, 0.25) is 0 Å². The number of hydrogen-bond donors (Lipinski definition) is 1. The standard InChI is InChI=1S/C20H27NO/c1-6-18(21(5)16-10-8-7-9-11-16)15-12-13-19(22)17(14-15)20(2,3)4/h7-14,18,22H,6H2,1-5H3. The van der Waals surface area contributed by atoms with Gasteiger partial charge in [-0.2, -0.15) is 0 Å². The summed E-state index contributed by atoms with van der Waals surface area (Å²) >= 11 is 0. The van der Waals surface area contributed by atoms with E-state index in [0.717, 1.165) is 12.0 Å². The minimum absolute atomic E-state index is 0.0658. The molecule has 0 saturated carbocycles. The van der Waals surface area contributed by atoms with Crippen LogP contribution in [-0.4, -0.2) is 12.2 Å². The van der Waals surface area contributed by atoms with Crippen molar-refractivity contribution in [3.05, 3.63) is 59.7 Å². The van der Waals surface area contributed by atoms with E-state index in [4.69, 9.17) is 0 Å². The molecule has 22 heavy (non-hydrogen) atoms. The SMILES string of the molecule is CCC(c1ccc(O)c(C(C)(C)C)c1)N(C)c1ccccc1. The Morgan fingerprint density at radius 2 is 1.68 bits per heavy atom. The van der Waals surface area contributed by atoms with Crippen LogP contribution in [0.5, 0.6) is 5.75 Å². The van der Waals surface area contributed by atoms with Crippen LogP contribution in [0.1, 0.15) is 51.3 Å². The van der Waals surface area contributed by atoms with Crippen LogP contribution in [0.15, 0.2) is 48.5 Å². The van der Waals surface area contributed by atoms with Crippen LogP contribution in [0.3, 0.4) is 0 Å². The fraction of sp³-hybridized carbons (Fsp3) is 0.400. The largest absolute Gasteiger partial charge is 0.508 e. The zero-order chi connectivity index (χ0) is 16.3. The molecule has 1 unspecified atom stereocenters. The van der Waals surface area contributed by atoms with Gasteiger partial charge in [0.15, 0.2) is 0 Å². The number of anilines is 1. The molecule has 0 aliphatic rings. The second-order valence-corrected chi connectivity index (χ2v) is 6.90. The van der Waals surface area contributed by atoms with Crippen LogP contribution >= 0.6 is 0 Å². The average molecular weight is 297 g/mol. The van der Waals surface area contributed by atoms with Gasteiger partial charge in [0.25, 0.3) is 0 Å². The van der Waals surface area contributed by atoms with Crippen LogP contribution in [0.2, 0.25) is 0 Å². The molecule has 0 heterocycles. The highest BCUT2D eigenvalue weighted by Crippen LogP contribution is 2.35. The summed E-state index contributed by atoms with van der Waals surface area (Å²) in [6.45, 7) is 8.60. The molecule has 0 amide bonds. The third-order valence-electron chi connectivity index (χ3n) is 4.23. The second-order valence-electron chi connectivity index (χ2n) is 6.90. The Morgan fingerprint density at radius 1 is 1.05 bits per heavy atom. The Balaban J connectivity index is 2.40. The van der Waals surface area contributed by atoms with Crippen molar-refractivity contribution in [1.29, 1.82) is 0 Å². The zero-order valence-electron chi connectivity index (χ0n) is 14.3. The molecule has 2 rings (SSSR count). The molecular formula is C20H27NO. The van der Waals surface area contributed by atoms with E-state index in [1.165, 1.54) is 11.3 Å². The Bertz CT molecular complexity index is 613. The number of para-hydroxylation sites is 1. The summed E-state index contributed by atoms with van der Waals surface area (Å²) in [4.78, 5) is 2.30. The summed E-state index contributed by atoms with van der Waals surface area (Å²) in [6.07, 6.45) is 1.01. The van der Waals surface area contributed by atoms with Crippen molar-refractivity contribution in [2.24, 2.45) is 0 Å². The molecule has 0 bridgehead atoms. The molecule has 0 aliphatic carbocycles. The van der Waals surface area contributed by atoms with Crippen molar-refractivity contribution in [1.82, 2.24) is 0 Å². The molecule has 0 radical (unpaired) electrons. The van der Waals surface area contributed by atoms with Crippen LogP contribution in [0, 0.1) is 0 Å². The van der Waals surface area contributed by atoms with E-state index in [2.05, 4.69) is 70.0 Å². The summed E-state index contributed by atoms with van der Waals surface area (Å²) in [5.74, 6) is 0.383. The van der Waals surface area contributed by atoms with Crippen molar-refractivity contribution in [3.63, 3.8) is 0 Å². The molecular weight excluding hydrogens is 270 g/mol. The Hall–Kier alpha value is -1.96. The van der Waals surface area contributed by atoms with Gasteiger partial charge in [0, 0.05) is 12.7 Å². The highest BCUT2D eigenvalue weighted by Gasteiger charge is 2.22. The summed E-state index contributed by atoms with van der Waals surface area (Å²) in [5.41, 5.74) is 3.39. The van der Waals surface area contributed by atoms with Crippen LogP contribution in [-0.2, 0) is 5.41 Å². The van der Waals surface area contributed by atoms with Gasteiger partial charge >= 0.3 is 0 Å². The number of nitrogens with zero attached hydrogens (tertiary/aromatic N) is 1. The van der Waals surface area contributed by atoms with E-state index in [1.807, 2.05) is 18.2 Å². The lowest BCUT2D eigenvalue weighted by Crippen LogP contribution is -2.24. The third kappa shape index (κ3) is 3.44. The van der Waals surface area contributed by atoms with E-state index in [9.17, 15) is 5.11 Å². The predicted octanol–water partition coefficient (Wildman–Crippen LogP) is 5.28. The number of phenolic OH excluding ortho intramolecular Hbond substituents is 1. The van der Waals surface area contributed by atoms with Crippen LogP contribution < -0.4 is 4.90 Å². The molecule has 0 saturated heterocycles. The summed E-state index contributed by atoms with van der Waals surface area (Å²) in [7, 11) is 2.13. The lowest BCUT2D eigenvalue weighted by Gasteiger charge is -2.31. The first-order valence-electron chi connectivity index (χ1n) is 7.96. The van der Waals surface area contributed by atoms with E-state index in [1.54, 1.807) is 0 Å². The average Bonchev–Trinajstić information content (AvgIpc) is 2.49. The lowest BCUT2D eigenvalue weighted by molar-refractivity contribution is 0.445. The molecule has 2 heteroatoms. The molecule has 0 aromatic heterocycles. The fourth-order valence-corrected chi connectivity index (χ4v) is 2.94. The molecule has 118 valence electrons. The highest BCUT2D eigenvalue weighted by molar-refractivity contribution is 5.49. The van der Waals surface area contributed by atoms with Crippen molar-refractivity contribution in [2.75, 3.05) is 11.9 Å². The molecule has 0 fully saturated rings. The van der Waals surface area contributed by atoms with E-state index in [0.29, 0.717) is 11.8 Å². The van der Waals surface area contributed by atoms with Gasteiger partial charge < -0.3 is 10.0 Å².